The van der Waals surface area contributed by atoms with E-state index in [-0.39, 0.29) is 38.1 Å². The van der Waals surface area contributed by atoms with Crippen molar-refractivity contribution >= 4 is 23.5 Å². The molecule has 1 aromatic carbocycles. The molecule has 0 aromatic heterocycles. The molecule has 2 unspecified atom stereocenters. The van der Waals surface area contributed by atoms with Crippen LogP contribution in [0.15, 0.2) is 43.5 Å². The average molecular weight is 497 g/mol. The first-order chi connectivity index (χ1) is 17.3. The van der Waals surface area contributed by atoms with Crippen LogP contribution in [0.3, 0.4) is 0 Å². The quantitative estimate of drug-likeness (QED) is 0.288. The highest BCUT2D eigenvalue weighted by atomic mass is 16.6. The summed E-state index contributed by atoms with van der Waals surface area (Å²) in [6, 6.07) is 4.93. The molecule has 3 aliphatic heterocycles. The minimum Gasteiger partial charge on any atom is -0.465 e. The van der Waals surface area contributed by atoms with Crippen molar-refractivity contribution < 1.29 is 29.0 Å². The lowest BCUT2D eigenvalue weighted by Crippen LogP contribution is -2.56. The fraction of sp³-hybridized carbons (Fsp3) is 0.536. The van der Waals surface area contributed by atoms with Gasteiger partial charge in [-0.2, -0.15) is 0 Å². The average Bonchev–Trinajstić information content (AvgIpc) is 3.49. The van der Waals surface area contributed by atoms with Gasteiger partial charge in [0.15, 0.2) is 0 Å². The van der Waals surface area contributed by atoms with Crippen LogP contribution in [-0.2, 0) is 23.9 Å². The molecule has 0 aliphatic carbocycles. The van der Waals surface area contributed by atoms with E-state index in [1.807, 2.05) is 32.0 Å². The number of carbonyl (C=O) groups is 3. The van der Waals surface area contributed by atoms with E-state index >= 15 is 0 Å². The summed E-state index contributed by atoms with van der Waals surface area (Å²) in [5, 5.41) is 9.52. The summed E-state index contributed by atoms with van der Waals surface area (Å²) in [6.45, 7) is 11.9. The Labute approximate surface area is 212 Å². The van der Waals surface area contributed by atoms with E-state index in [2.05, 4.69) is 13.2 Å². The fourth-order valence-corrected chi connectivity index (χ4v) is 6.32. The van der Waals surface area contributed by atoms with Crippen molar-refractivity contribution in [1.82, 2.24) is 4.90 Å². The first kappa shape index (κ1) is 26.1. The second-order valence-corrected chi connectivity index (χ2v) is 9.89. The van der Waals surface area contributed by atoms with E-state index in [1.54, 1.807) is 17.1 Å². The predicted octanol–water partition coefficient (Wildman–Crippen LogP) is 2.70. The normalized spacial score (nSPS) is 28.2. The lowest BCUT2D eigenvalue weighted by molar-refractivity contribution is -0.155. The number of aryl methyl sites for hydroxylation is 2. The molecule has 3 heterocycles. The number of amides is 2. The number of benzene rings is 1. The number of hydrogen-bond acceptors (Lipinski definition) is 6. The van der Waals surface area contributed by atoms with Crippen molar-refractivity contribution in [2.24, 2.45) is 11.8 Å². The van der Waals surface area contributed by atoms with Crippen molar-refractivity contribution in [2.45, 2.75) is 57.3 Å². The Bertz CT molecular complexity index is 1030. The molecule has 0 saturated carbocycles. The molecule has 3 aliphatic rings. The van der Waals surface area contributed by atoms with Gasteiger partial charge in [-0.05, 0) is 50.7 Å². The van der Waals surface area contributed by atoms with Gasteiger partial charge >= 0.3 is 5.97 Å². The van der Waals surface area contributed by atoms with Crippen LogP contribution in [0.1, 0.15) is 36.8 Å². The Kier molecular flexibility index (Phi) is 7.66. The molecule has 1 aromatic rings. The molecule has 2 bridgehead atoms. The predicted molar refractivity (Wildman–Crippen MR) is 135 cm³/mol. The third-order valence-corrected chi connectivity index (χ3v) is 7.72. The zero-order valence-electron chi connectivity index (χ0n) is 21.2. The summed E-state index contributed by atoms with van der Waals surface area (Å²) in [5.41, 5.74) is 1.55. The Hall–Kier alpha value is -2.97. The van der Waals surface area contributed by atoms with Gasteiger partial charge < -0.3 is 24.4 Å². The van der Waals surface area contributed by atoms with Gasteiger partial charge in [0.25, 0.3) is 5.91 Å². The van der Waals surface area contributed by atoms with E-state index in [0.717, 1.165) is 16.8 Å². The molecule has 0 radical (unpaired) electrons. The highest BCUT2D eigenvalue weighted by molar-refractivity contribution is 6.05. The highest BCUT2D eigenvalue weighted by Crippen LogP contribution is 2.59. The summed E-state index contributed by atoms with van der Waals surface area (Å²) in [4.78, 5) is 44.5. The van der Waals surface area contributed by atoms with Crippen LogP contribution in [0.25, 0.3) is 0 Å². The smallest absolute Gasteiger partial charge is 0.312 e. The van der Waals surface area contributed by atoms with Gasteiger partial charge in [-0.1, -0.05) is 30.4 Å². The Morgan fingerprint density at radius 1 is 1.28 bits per heavy atom. The molecule has 1 N–H and O–H groups in total. The molecular weight excluding hydrogens is 460 g/mol. The molecular formula is C28H36N2O6. The number of nitrogens with zero attached hydrogens (tertiary/aromatic N) is 2. The maximum atomic E-state index is 14.4. The van der Waals surface area contributed by atoms with Gasteiger partial charge in [0.05, 0.1) is 24.5 Å². The lowest BCUT2D eigenvalue weighted by atomic mass is 9.70. The number of rotatable bonds is 11. The van der Waals surface area contributed by atoms with Crippen LogP contribution in [0.4, 0.5) is 5.69 Å². The number of aliphatic hydroxyl groups excluding tert-OH is 1. The molecule has 3 fully saturated rings. The molecule has 36 heavy (non-hydrogen) atoms. The fourth-order valence-electron chi connectivity index (χ4n) is 6.32. The summed E-state index contributed by atoms with van der Waals surface area (Å²) in [6.07, 6.45) is 4.79. The highest BCUT2D eigenvalue weighted by Gasteiger charge is 2.75. The zero-order valence-corrected chi connectivity index (χ0v) is 21.2. The van der Waals surface area contributed by atoms with Crippen LogP contribution in [-0.4, -0.2) is 71.8 Å². The second kappa shape index (κ2) is 10.6. The topological polar surface area (TPSA) is 96.4 Å². The van der Waals surface area contributed by atoms with E-state index in [9.17, 15) is 19.5 Å². The van der Waals surface area contributed by atoms with Crippen molar-refractivity contribution in [2.75, 3.05) is 31.2 Å². The van der Waals surface area contributed by atoms with Crippen LogP contribution in [0, 0.1) is 25.7 Å². The maximum absolute atomic E-state index is 14.4. The lowest BCUT2D eigenvalue weighted by Gasteiger charge is -2.37. The maximum Gasteiger partial charge on any atom is 0.312 e. The molecule has 1 spiro atoms. The number of anilines is 1. The van der Waals surface area contributed by atoms with Crippen LogP contribution >= 0.6 is 0 Å². The minimum absolute atomic E-state index is 0.119. The van der Waals surface area contributed by atoms with Gasteiger partial charge in [-0.15, -0.1) is 13.2 Å². The number of para-hydroxylation sites is 1. The number of aliphatic hydroxyl groups is 1. The number of hydrogen-bond donors (Lipinski definition) is 1. The third kappa shape index (κ3) is 4.16. The number of likely N-dealkylation sites (tertiary alicyclic amines) is 1. The second-order valence-electron chi connectivity index (χ2n) is 9.89. The Morgan fingerprint density at radius 3 is 2.64 bits per heavy atom. The van der Waals surface area contributed by atoms with Crippen LogP contribution in [0.2, 0.25) is 0 Å². The van der Waals surface area contributed by atoms with Crippen molar-refractivity contribution in [1.29, 1.82) is 0 Å². The first-order valence-electron chi connectivity index (χ1n) is 12.7. The molecule has 2 amide bonds. The third-order valence-electron chi connectivity index (χ3n) is 7.72. The zero-order chi connectivity index (χ0) is 26.0. The van der Waals surface area contributed by atoms with E-state index in [1.165, 1.54) is 4.90 Å². The van der Waals surface area contributed by atoms with Gasteiger partial charge in [-0.3, -0.25) is 14.4 Å². The van der Waals surface area contributed by atoms with Gasteiger partial charge in [0, 0.05) is 25.4 Å². The van der Waals surface area contributed by atoms with Gasteiger partial charge in [-0.25, -0.2) is 0 Å². The number of fused-ring (bicyclic) bond motifs is 1. The van der Waals surface area contributed by atoms with Crippen molar-refractivity contribution in [3.63, 3.8) is 0 Å². The van der Waals surface area contributed by atoms with Crippen LogP contribution < -0.4 is 4.90 Å². The summed E-state index contributed by atoms with van der Waals surface area (Å²) in [5.74, 6) is -2.55. The standard InChI is InChI=1S/C28H36N2O6/c1-5-7-17-35-27(34)21-20-12-13-28(36-20)22(21)25(32)30(15-9-16-31)24(28)26(33)29(14-6-2)23-18(3)10-8-11-19(23)4/h5-6,8,10-11,20-22,24,31H,1-2,7,9,12-17H2,3-4H3/t20-,21+,22-,24?,28?/m0/s1. The number of esters is 1. The molecule has 3 saturated heterocycles. The number of carbonyl (C=O) groups excluding carboxylic acids is 3. The largest absolute Gasteiger partial charge is 0.465 e. The van der Waals surface area contributed by atoms with E-state index in [0.29, 0.717) is 25.7 Å². The van der Waals surface area contributed by atoms with Gasteiger partial charge in [0.1, 0.15) is 11.6 Å². The Balaban J connectivity index is 1.75. The molecule has 194 valence electrons. The Morgan fingerprint density at radius 2 is 2.00 bits per heavy atom. The van der Waals surface area contributed by atoms with E-state index < -0.39 is 35.6 Å². The summed E-state index contributed by atoms with van der Waals surface area (Å²) < 4.78 is 11.9. The van der Waals surface area contributed by atoms with Crippen LogP contribution in [0.5, 0.6) is 0 Å². The first-order valence-corrected chi connectivity index (χ1v) is 12.7. The number of ether oxygens (including phenoxy) is 2. The minimum atomic E-state index is -1.10. The van der Waals surface area contributed by atoms with E-state index in [4.69, 9.17) is 9.47 Å². The monoisotopic (exact) mass is 496 g/mol. The van der Waals surface area contributed by atoms with Gasteiger partial charge in [0.2, 0.25) is 5.91 Å². The molecule has 8 nitrogen and oxygen atoms in total. The molecule has 4 rings (SSSR count). The molecule has 8 heteroatoms. The van der Waals surface area contributed by atoms with Crippen molar-refractivity contribution in [3.8, 4) is 0 Å². The SMILES string of the molecule is C=CCCOC(=O)[C@@H]1[C@@H]2CCC3(O2)C(C(=O)N(CC=C)c2c(C)cccc2C)N(CCCO)C(=O)[C@H]13. The molecule has 5 atom stereocenters. The van der Waals surface area contributed by atoms with Crippen molar-refractivity contribution in [3.05, 3.63) is 54.6 Å². The summed E-state index contributed by atoms with van der Waals surface area (Å²) >= 11 is 0. The summed E-state index contributed by atoms with van der Waals surface area (Å²) in [7, 11) is 0.